The fourth-order valence-electron chi connectivity index (χ4n) is 1.87. The van der Waals surface area contributed by atoms with Crippen LogP contribution in [0.25, 0.3) is 0 Å². The van der Waals surface area contributed by atoms with Gasteiger partial charge in [-0.05, 0) is 12.5 Å². The summed E-state index contributed by atoms with van der Waals surface area (Å²) in [4.78, 5) is 29.5. The van der Waals surface area contributed by atoms with Gasteiger partial charge in [-0.25, -0.2) is 4.98 Å². The standard InChI is InChI=1S/C13H13ClN4O3/c1-2-11(12-15-5-6-16-12)17-13(19)9-7-8(18(20)21)3-4-10(9)14/h3-7,11H,2H2,1H3,(H,15,16)(H,17,19). The summed E-state index contributed by atoms with van der Waals surface area (Å²) in [6.45, 7) is 1.89. The minimum atomic E-state index is -0.572. The zero-order chi connectivity index (χ0) is 15.4. The molecule has 0 aliphatic rings. The Hall–Kier alpha value is -2.41. The van der Waals surface area contributed by atoms with Crippen molar-refractivity contribution < 1.29 is 9.72 Å². The van der Waals surface area contributed by atoms with Crippen LogP contribution in [0.1, 0.15) is 35.6 Å². The molecule has 21 heavy (non-hydrogen) atoms. The maximum absolute atomic E-state index is 12.2. The van der Waals surface area contributed by atoms with Gasteiger partial charge in [0.15, 0.2) is 0 Å². The SMILES string of the molecule is CCC(NC(=O)c1cc([N+](=O)[O-])ccc1Cl)c1ncc[nH]1. The summed E-state index contributed by atoms with van der Waals surface area (Å²) in [6.07, 6.45) is 3.86. The average Bonchev–Trinajstić information content (AvgIpc) is 2.98. The van der Waals surface area contributed by atoms with Gasteiger partial charge < -0.3 is 10.3 Å². The maximum atomic E-state index is 12.2. The topological polar surface area (TPSA) is 101 Å². The largest absolute Gasteiger partial charge is 0.347 e. The molecule has 1 aromatic carbocycles. The number of aromatic nitrogens is 2. The van der Waals surface area contributed by atoms with Crippen molar-refractivity contribution in [3.8, 4) is 0 Å². The van der Waals surface area contributed by atoms with Crippen molar-refractivity contribution in [2.24, 2.45) is 0 Å². The second-order valence-corrected chi connectivity index (χ2v) is 4.74. The number of carbonyl (C=O) groups is 1. The third kappa shape index (κ3) is 3.38. The Labute approximate surface area is 125 Å². The van der Waals surface area contributed by atoms with Gasteiger partial charge in [0.05, 0.1) is 21.6 Å². The summed E-state index contributed by atoms with van der Waals surface area (Å²) in [7, 11) is 0. The average molecular weight is 309 g/mol. The van der Waals surface area contributed by atoms with Crippen LogP contribution in [0.3, 0.4) is 0 Å². The molecule has 2 N–H and O–H groups in total. The van der Waals surface area contributed by atoms with E-state index in [1.54, 1.807) is 12.4 Å². The first kappa shape index (κ1) is 15.0. The normalized spacial score (nSPS) is 11.9. The number of benzene rings is 1. The monoisotopic (exact) mass is 308 g/mol. The van der Waals surface area contributed by atoms with Gasteiger partial charge in [0, 0.05) is 24.5 Å². The van der Waals surface area contributed by atoms with Crippen molar-refractivity contribution in [3.63, 3.8) is 0 Å². The van der Waals surface area contributed by atoms with E-state index in [0.717, 1.165) is 6.07 Å². The highest BCUT2D eigenvalue weighted by Crippen LogP contribution is 2.23. The number of imidazole rings is 1. The lowest BCUT2D eigenvalue weighted by molar-refractivity contribution is -0.384. The number of nitrogens with zero attached hydrogens (tertiary/aromatic N) is 2. The molecule has 0 fully saturated rings. The fraction of sp³-hybridized carbons (Fsp3) is 0.231. The Morgan fingerprint density at radius 1 is 1.57 bits per heavy atom. The van der Waals surface area contributed by atoms with E-state index in [1.165, 1.54) is 12.1 Å². The number of nitro groups is 1. The van der Waals surface area contributed by atoms with E-state index < -0.39 is 10.8 Å². The first-order valence-electron chi connectivity index (χ1n) is 6.27. The van der Waals surface area contributed by atoms with Gasteiger partial charge in [-0.1, -0.05) is 18.5 Å². The Balaban J connectivity index is 2.23. The molecule has 8 heteroatoms. The molecule has 110 valence electrons. The van der Waals surface area contributed by atoms with E-state index in [1.807, 2.05) is 6.92 Å². The minimum absolute atomic E-state index is 0.0656. The molecule has 1 heterocycles. The number of hydrogen-bond donors (Lipinski definition) is 2. The van der Waals surface area contributed by atoms with Crippen LogP contribution in [0.2, 0.25) is 5.02 Å². The highest BCUT2D eigenvalue weighted by Gasteiger charge is 2.20. The molecule has 2 aromatic rings. The second-order valence-electron chi connectivity index (χ2n) is 4.33. The van der Waals surface area contributed by atoms with Crippen LogP contribution in [0.4, 0.5) is 5.69 Å². The number of aromatic amines is 1. The quantitative estimate of drug-likeness (QED) is 0.655. The molecular weight excluding hydrogens is 296 g/mol. The third-order valence-corrected chi connectivity index (χ3v) is 3.30. The summed E-state index contributed by atoms with van der Waals surface area (Å²) >= 11 is 5.94. The second kappa shape index (κ2) is 6.36. The Morgan fingerprint density at radius 3 is 2.90 bits per heavy atom. The molecule has 1 amide bonds. The molecule has 0 aliphatic heterocycles. The highest BCUT2D eigenvalue weighted by molar-refractivity contribution is 6.33. The van der Waals surface area contributed by atoms with E-state index in [0.29, 0.717) is 12.2 Å². The first-order chi connectivity index (χ1) is 10.0. The molecule has 0 bridgehead atoms. The molecule has 0 radical (unpaired) electrons. The van der Waals surface area contributed by atoms with Gasteiger partial charge in [0.25, 0.3) is 11.6 Å². The van der Waals surface area contributed by atoms with Crippen molar-refractivity contribution >= 4 is 23.2 Å². The summed E-state index contributed by atoms with van der Waals surface area (Å²) in [5.74, 6) is 0.138. The van der Waals surface area contributed by atoms with Crippen molar-refractivity contribution in [2.75, 3.05) is 0 Å². The molecule has 2 rings (SSSR count). The maximum Gasteiger partial charge on any atom is 0.270 e. The van der Waals surface area contributed by atoms with E-state index in [4.69, 9.17) is 11.6 Å². The summed E-state index contributed by atoms with van der Waals surface area (Å²) in [6, 6.07) is 3.43. The van der Waals surface area contributed by atoms with Gasteiger partial charge in [-0.3, -0.25) is 14.9 Å². The van der Waals surface area contributed by atoms with E-state index >= 15 is 0 Å². The third-order valence-electron chi connectivity index (χ3n) is 2.97. The predicted octanol–water partition coefficient (Wildman–Crippen LogP) is 2.85. The van der Waals surface area contributed by atoms with Crippen LogP contribution in [0.5, 0.6) is 0 Å². The summed E-state index contributed by atoms with van der Waals surface area (Å²) in [5.41, 5.74) is -0.119. The van der Waals surface area contributed by atoms with Crippen molar-refractivity contribution in [3.05, 3.63) is 57.1 Å². The van der Waals surface area contributed by atoms with Gasteiger partial charge >= 0.3 is 0 Å². The van der Waals surface area contributed by atoms with Gasteiger partial charge in [-0.15, -0.1) is 0 Å². The zero-order valence-electron chi connectivity index (χ0n) is 11.2. The van der Waals surface area contributed by atoms with Crippen LogP contribution in [0, 0.1) is 10.1 Å². The van der Waals surface area contributed by atoms with Gasteiger partial charge in [-0.2, -0.15) is 0 Å². The number of nitro benzene ring substituents is 1. The lowest BCUT2D eigenvalue weighted by Gasteiger charge is -2.15. The van der Waals surface area contributed by atoms with Crippen molar-refractivity contribution in [1.82, 2.24) is 15.3 Å². The van der Waals surface area contributed by atoms with Crippen LogP contribution in [-0.4, -0.2) is 20.8 Å². The Morgan fingerprint density at radius 2 is 2.33 bits per heavy atom. The van der Waals surface area contributed by atoms with Gasteiger partial charge in [0.1, 0.15) is 5.82 Å². The molecular formula is C13H13ClN4O3. The summed E-state index contributed by atoms with van der Waals surface area (Å²) in [5, 5.41) is 13.7. The van der Waals surface area contributed by atoms with Gasteiger partial charge in [0.2, 0.25) is 0 Å². The molecule has 0 saturated carbocycles. The number of H-pyrrole nitrogens is 1. The number of rotatable bonds is 5. The molecule has 1 aromatic heterocycles. The number of halogens is 1. The van der Waals surface area contributed by atoms with Crippen LogP contribution >= 0.6 is 11.6 Å². The van der Waals surface area contributed by atoms with Crippen LogP contribution in [-0.2, 0) is 0 Å². The van der Waals surface area contributed by atoms with Crippen LogP contribution < -0.4 is 5.32 Å². The molecule has 0 aliphatic carbocycles. The smallest absolute Gasteiger partial charge is 0.270 e. The van der Waals surface area contributed by atoms with Crippen molar-refractivity contribution in [2.45, 2.75) is 19.4 Å². The van der Waals surface area contributed by atoms with Crippen LogP contribution in [0.15, 0.2) is 30.6 Å². The lowest BCUT2D eigenvalue weighted by atomic mass is 10.1. The van der Waals surface area contributed by atoms with Crippen molar-refractivity contribution in [1.29, 1.82) is 0 Å². The van der Waals surface area contributed by atoms with E-state index in [2.05, 4.69) is 15.3 Å². The minimum Gasteiger partial charge on any atom is -0.347 e. The number of hydrogen-bond acceptors (Lipinski definition) is 4. The number of carbonyl (C=O) groups excluding carboxylic acids is 1. The lowest BCUT2D eigenvalue weighted by Crippen LogP contribution is -2.29. The zero-order valence-corrected chi connectivity index (χ0v) is 11.9. The highest BCUT2D eigenvalue weighted by atomic mass is 35.5. The molecule has 1 unspecified atom stereocenters. The van der Waals surface area contributed by atoms with E-state index in [-0.39, 0.29) is 22.3 Å². The number of non-ortho nitro benzene ring substituents is 1. The molecule has 7 nitrogen and oxygen atoms in total. The number of amides is 1. The molecule has 0 spiro atoms. The summed E-state index contributed by atoms with van der Waals surface area (Å²) < 4.78 is 0. The predicted molar refractivity (Wildman–Crippen MR) is 77.2 cm³/mol. The fourth-order valence-corrected chi connectivity index (χ4v) is 2.07. The Bertz CT molecular complexity index is 657. The van der Waals surface area contributed by atoms with E-state index in [9.17, 15) is 14.9 Å². The first-order valence-corrected chi connectivity index (χ1v) is 6.64. The Kier molecular flexibility index (Phi) is 4.54. The molecule has 1 atom stereocenters. The number of nitrogens with one attached hydrogen (secondary N) is 2. The molecule has 0 saturated heterocycles.